The zero-order chi connectivity index (χ0) is 19.2. The lowest BCUT2D eigenvalue weighted by molar-refractivity contribution is 0.0706. The number of nitrogens with one attached hydrogen (secondary N) is 2. The summed E-state index contributed by atoms with van der Waals surface area (Å²) in [4.78, 5) is 24.1. The first-order valence-corrected chi connectivity index (χ1v) is 8.59. The van der Waals surface area contributed by atoms with Gasteiger partial charge in [0.15, 0.2) is 0 Å². The molecule has 5 nitrogen and oxygen atoms in total. The predicted molar refractivity (Wildman–Crippen MR) is 103 cm³/mol. The fourth-order valence-corrected chi connectivity index (χ4v) is 2.82. The van der Waals surface area contributed by atoms with Crippen molar-refractivity contribution in [2.75, 3.05) is 0 Å². The molecule has 3 N–H and O–H groups in total. The summed E-state index contributed by atoms with van der Waals surface area (Å²) in [6.45, 7) is 1.84. The maximum absolute atomic E-state index is 12.5. The number of hydrogen-bond donors (Lipinski definition) is 3. The molecule has 3 aromatic rings. The topological polar surface area (TPSA) is 78.4 Å². The van der Waals surface area contributed by atoms with Gasteiger partial charge in [-0.1, -0.05) is 54.6 Å². The molecule has 136 valence electrons. The molecule has 0 bridgehead atoms. The number of benzene rings is 3. The van der Waals surface area contributed by atoms with Crippen molar-refractivity contribution in [1.29, 1.82) is 0 Å². The summed E-state index contributed by atoms with van der Waals surface area (Å²) in [5.74, 6) is -0.786. The van der Waals surface area contributed by atoms with Gasteiger partial charge in [-0.25, -0.2) is 5.48 Å². The number of hydroxylamine groups is 1. The van der Waals surface area contributed by atoms with Crippen LogP contribution in [0.4, 0.5) is 0 Å². The minimum absolute atomic E-state index is 0.195. The van der Waals surface area contributed by atoms with Gasteiger partial charge in [-0.15, -0.1) is 0 Å². The maximum atomic E-state index is 12.5. The molecule has 0 spiro atoms. The highest BCUT2D eigenvalue weighted by atomic mass is 16.5. The van der Waals surface area contributed by atoms with E-state index in [-0.39, 0.29) is 11.9 Å². The number of amides is 2. The van der Waals surface area contributed by atoms with Crippen molar-refractivity contribution in [1.82, 2.24) is 10.8 Å². The highest BCUT2D eigenvalue weighted by Crippen LogP contribution is 2.20. The largest absolute Gasteiger partial charge is 0.346 e. The molecule has 2 amide bonds. The lowest BCUT2D eigenvalue weighted by Gasteiger charge is -2.15. The third-order valence-corrected chi connectivity index (χ3v) is 4.35. The van der Waals surface area contributed by atoms with Gasteiger partial charge in [0.25, 0.3) is 11.8 Å². The fourth-order valence-electron chi connectivity index (χ4n) is 2.82. The summed E-state index contributed by atoms with van der Waals surface area (Å²) in [6.07, 6.45) is 0. The number of rotatable bonds is 5. The first-order valence-electron chi connectivity index (χ1n) is 8.59. The maximum Gasteiger partial charge on any atom is 0.274 e. The molecular weight excluding hydrogens is 340 g/mol. The van der Waals surface area contributed by atoms with Crippen LogP contribution in [0, 0.1) is 0 Å². The lowest BCUT2D eigenvalue weighted by Crippen LogP contribution is -2.27. The van der Waals surface area contributed by atoms with Crippen molar-refractivity contribution in [2.24, 2.45) is 0 Å². The van der Waals surface area contributed by atoms with E-state index in [2.05, 4.69) is 5.32 Å². The van der Waals surface area contributed by atoms with Gasteiger partial charge in [0.05, 0.1) is 6.04 Å². The van der Waals surface area contributed by atoms with Gasteiger partial charge in [0.2, 0.25) is 0 Å². The smallest absolute Gasteiger partial charge is 0.274 e. The average molecular weight is 360 g/mol. The third-order valence-electron chi connectivity index (χ3n) is 4.35. The minimum Gasteiger partial charge on any atom is -0.346 e. The SMILES string of the molecule is CC(NC(=O)c1ccc(-c2ccccc2)cc1)c1cccc(C(=O)NO)c1. The Morgan fingerprint density at radius 1 is 0.778 bits per heavy atom. The van der Waals surface area contributed by atoms with Gasteiger partial charge in [-0.05, 0) is 47.9 Å². The zero-order valence-electron chi connectivity index (χ0n) is 14.8. The third kappa shape index (κ3) is 4.40. The second-order valence-electron chi connectivity index (χ2n) is 6.20. The monoisotopic (exact) mass is 360 g/mol. The standard InChI is InChI=1S/C22H20N2O3/c1-15(19-8-5-9-20(14-19)22(26)24-27)23-21(25)18-12-10-17(11-13-18)16-6-3-2-4-7-16/h2-15,27H,1H3,(H,23,25)(H,24,26). The number of carbonyl (C=O) groups excluding carboxylic acids is 2. The van der Waals surface area contributed by atoms with E-state index >= 15 is 0 Å². The Labute approximate surface area is 157 Å². The van der Waals surface area contributed by atoms with Crippen LogP contribution >= 0.6 is 0 Å². The molecule has 0 heterocycles. The van der Waals surface area contributed by atoms with Crippen molar-refractivity contribution in [3.05, 3.63) is 95.6 Å². The molecule has 0 saturated heterocycles. The van der Waals surface area contributed by atoms with Crippen LogP contribution in [-0.2, 0) is 0 Å². The molecule has 3 rings (SSSR count). The van der Waals surface area contributed by atoms with Crippen molar-refractivity contribution in [3.63, 3.8) is 0 Å². The molecule has 1 unspecified atom stereocenters. The molecule has 0 saturated carbocycles. The number of carbonyl (C=O) groups is 2. The lowest BCUT2D eigenvalue weighted by atomic mass is 10.0. The number of hydrogen-bond acceptors (Lipinski definition) is 3. The van der Waals surface area contributed by atoms with E-state index in [0.717, 1.165) is 16.7 Å². The Morgan fingerprint density at radius 3 is 2.11 bits per heavy atom. The second kappa shape index (κ2) is 8.29. The Morgan fingerprint density at radius 2 is 1.44 bits per heavy atom. The Bertz CT molecular complexity index is 937. The fraction of sp³-hybridized carbons (Fsp3) is 0.0909. The minimum atomic E-state index is -0.591. The molecule has 0 fully saturated rings. The first kappa shape index (κ1) is 18.4. The summed E-state index contributed by atoms with van der Waals surface area (Å²) in [7, 11) is 0. The van der Waals surface area contributed by atoms with E-state index in [9.17, 15) is 9.59 Å². The predicted octanol–water partition coefficient (Wildman–Crippen LogP) is 3.96. The molecular formula is C22H20N2O3. The van der Waals surface area contributed by atoms with Crippen LogP contribution < -0.4 is 10.8 Å². The van der Waals surface area contributed by atoms with E-state index in [1.165, 1.54) is 0 Å². The summed E-state index contributed by atoms with van der Waals surface area (Å²) >= 11 is 0. The van der Waals surface area contributed by atoms with E-state index < -0.39 is 5.91 Å². The highest BCUT2D eigenvalue weighted by Gasteiger charge is 2.13. The molecule has 1 atom stereocenters. The summed E-state index contributed by atoms with van der Waals surface area (Å²) < 4.78 is 0. The Balaban J connectivity index is 1.71. The molecule has 0 aliphatic heterocycles. The van der Waals surface area contributed by atoms with Gasteiger partial charge < -0.3 is 5.32 Å². The Hall–Kier alpha value is -3.44. The molecule has 3 aromatic carbocycles. The highest BCUT2D eigenvalue weighted by molar-refractivity contribution is 5.95. The average Bonchev–Trinajstić information content (AvgIpc) is 2.74. The van der Waals surface area contributed by atoms with E-state index in [1.54, 1.807) is 35.8 Å². The van der Waals surface area contributed by atoms with Gasteiger partial charge in [0.1, 0.15) is 0 Å². The molecule has 5 heteroatoms. The van der Waals surface area contributed by atoms with Crippen LogP contribution in [0.1, 0.15) is 39.2 Å². The van der Waals surface area contributed by atoms with Crippen molar-refractivity contribution in [3.8, 4) is 11.1 Å². The van der Waals surface area contributed by atoms with Crippen LogP contribution in [0.15, 0.2) is 78.9 Å². The zero-order valence-corrected chi connectivity index (χ0v) is 14.8. The quantitative estimate of drug-likeness (QED) is 0.476. The van der Waals surface area contributed by atoms with Crippen molar-refractivity contribution in [2.45, 2.75) is 13.0 Å². The Kier molecular flexibility index (Phi) is 5.64. The summed E-state index contributed by atoms with van der Waals surface area (Å²) in [5, 5.41) is 11.7. The van der Waals surface area contributed by atoms with Gasteiger partial charge >= 0.3 is 0 Å². The van der Waals surface area contributed by atoms with Crippen LogP contribution in [0.5, 0.6) is 0 Å². The van der Waals surface area contributed by atoms with Gasteiger partial charge in [-0.2, -0.15) is 0 Å². The van der Waals surface area contributed by atoms with Gasteiger partial charge in [-0.3, -0.25) is 14.8 Å². The van der Waals surface area contributed by atoms with Gasteiger partial charge in [0, 0.05) is 11.1 Å². The normalized spacial score (nSPS) is 11.5. The van der Waals surface area contributed by atoms with Crippen molar-refractivity contribution >= 4 is 11.8 Å². The van der Waals surface area contributed by atoms with Crippen LogP contribution in [0.25, 0.3) is 11.1 Å². The molecule has 0 aliphatic rings. The molecule has 0 aliphatic carbocycles. The van der Waals surface area contributed by atoms with Crippen LogP contribution in [0.3, 0.4) is 0 Å². The van der Waals surface area contributed by atoms with Crippen LogP contribution in [-0.4, -0.2) is 17.0 Å². The first-order chi connectivity index (χ1) is 13.1. The summed E-state index contributed by atoms with van der Waals surface area (Å²) in [5.41, 5.74) is 5.40. The molecule has 0 radical (unpaired) electrons. The van der Waals surface area contributed by atoms with E-state index in [1.807, 2.05) is 55.5 Å². The summed E-state index contributed by atoms with van der Waals surface area (Å²) in [6, 6.07) is 23.8. The molecule has 27 heavy (non-hydrogen) atoms. The van der Waals surface area contributed by atoms with Crippen molar-refractivity contribution < 1.29 is 14.8 Å². The second-order valence-corrected chi connectivity index (χ2v) is 6.20. The molecule has 0 aromatic heterocycles. The van der Waals surface area contributed by atoms with E-state index in [4.69, 9.17) is 5.21 Å². The van der Waals surface area contributed by atoms with E-state index in [0.29, 0.717) is 11.1 Å². The van der Waals surface area contributed by atoms with Crippen LogP contribution in [0.2, 0.25) is 0 Å².